The third kappa shape index (κ3) is 3.77. The fourth-order valence-corrected chi connectivity index (χ4v) is 3.52. The molecule has 0 aliphatic carbocycles. The van der Waals surface area contributed by atoms with Crippen molar-refractivity contribution in [2.75, 3.05) is 20.2 Å². The Labute approximate surface area is 147 Å². The Balaban J connectivity index is 1.66. The molecule has 1 aliphatic heterocycles. The highest BCUT2D eigenvalue weighted by Crippen LogP contribution is 2.29. The van der Waals surface area contributed by atoms with E-state index in [2.05, 4.69) is 9.88 Å². The van der Waals surface area contributed by atoms with Crippen LogP contribution in [0.25, 0.3) is 0 Å². The molecule has 0 saturated carbocycles. The zero-order valence-corrected chi connectivity index (χ0v) is 14.9. The van der Waals surface area contributed by atoms with E-state index in [1.54, 1.807) is 19.2 Å². The highest BCUT2D eigenvalue weighted by atomic mass is 16.5. The topological polar surface area (TPSA) is 80.7 Å². The molecule has 1 saturated heterocycles. The first-order valence-corrected chi connectivity index (χ1v) is 8.55. The Morgan fingerprint density at radius 1 is 1.56 bits per heavy atom. The second-order valence-corrected chi connectivity index (χ2v) is 6.65. The average molecular weight is 347 g/mol. The molecule has 1 N–H and O–H groups in total. The summed E-state index contributed by atoms with van der Waals surface area (Å²) in [5, 5.41) is 10.7. The van der Waals surface area contributed by atoms with Crippen molar-refractivity contribution in [3.05, 3.63) is 41.4 Å². The van der Waals surface area contributed by atoms with Crippen molar-refractivity contribution >= 4 is 5.97 Å². The van der Waals surface area contributed by atoms with Gasteiger partial charge in [-0.25, -0.2) is 9.78 Å². The predicted octanol–water partition coefficient (Wildman–Crippen LogP) is 2.05. The van der Waals surface area contributed by atoms with Gasteiger partial charge in [0.05, 0.1) is 13.7 Å². The summed E-state index contributed by atoms with van der Waals surface area (Å²) in [5.74, 6) is 1.77. The molecule has 7 nitrogen and oxygen atoms in total. The number of methoxy groups -OCH3 is 1. The first-order chi connectivity index (χ1) is 12.0. The SMILES string of the molecule is COC(=O)c1cc(CN2CCCC(C(O)c3nccn3C)C2)oc1C. The number of piperidine rings is 1. The number of imidazole rings is 1. The summed E-state index contributed by atoms with van der Waals surface area (Å²) in [6.07, 6.45) is 4.95. The van der Waals surface area contributed by atoms with E-state index in [0.29, 0.717) is 23.7 Å². The lowest BCUT2D eigenvalue weighted by atomic mass is 9.92. The van der Waals surface area contributed by atoms with Gasteiger partial charge in [-0.15, -0.1) is 0 Å². The van der Waals surface area contributed by atoms with Crippen molar-refractivity contribution in [1.29, 1.82) is 0 Å². The van der Waals surface area contributed by atoms with Crippen LogP contribution in [-0.4, -0.2) is 45.7 Å². The second-order valence-electron chi connectivity index (χ2n) is 6.65. The molecule has 2 aromatic heterocycles. The lowest BCUT2D eigenvalue weighted by Crippen LogP contribution is -2.37. The van der Waals surface area contributed by atoms with E-state index in [-0.39, 0.29) is 11.9 Å². The number of esters is 1. The van der Waals surface area contributed by atoms with Crippen LogP contribution in [0.2, 0.25) is 0 Å². The molecule has 2 unspecified atom stereocenters. The van der Waals surface area contributed by atoms with Crippen LogP contribution in [0.3, 0.4) is 0 Å². The van der Waals surface area contributed by atoms with Gasteiger partial charge in [-0.2, -0.15) is 0 Å². The number of aliphatic hydroxyl groups excluding tert-OH is 1. The van der Waals surface area contributed by atoms with Crippen molar-refractivity contribution in [1.82, 2.24) is 14.5 Å². The summed E-state index contributed by atoms with van der Waals surface area (Å²) in [5.41, 5.74) is 0.471. The monoisotopic (exact) mass is 347 g/mol. The molecule has 0 radical (unpaired) electrons. The van der Waals surface area contributed by atoms with Gasteiger partial charge in [0.2, 0.25) is 0 Å². The van der Waals surface area contributed by atoms with E-state index >= 15 is 0 Å². The fourth-order valence-electron chi connectivity index (χ4n) is 3.52. The number of hydrogen-bond acceptors (Lipinski definition) is 6. The van der Waals surface area contributed by atoms with Crippen LogP contribution >= 0.6 is 0 Å². The molecule has 25 heavy (non-hydrogen) atoms. The van der Waals surface area contributed by atoms with Gasteiger partial charge < -0.3 is 18.8 Å². The Morgan fingerprint density at radius 3 is 3.04 bits per heavy atom. The van der Waals surface area contributed by atoms with Crippen molar-refractivity contribution in [3.63, 3.8) is 0 Å². The number of aromatic nitrogens is 2. The van der Waals surface area contributed by atoms with Crippen LogP contribution in [0.15, 0.2) is 22.9 Å². The van der Waals surface area contributed by atoms with E-state index in [1.165, 1.54) is 7.11 Å². The minimum Gasteiger partial charge on any atom is -0.465 e. The number of rotatable bonds is 5. The average Bonchev–Trinajstić information content (AvgIpc) is 3.19. The minimum absolute atomic E-state index is 0.131. The number of furan rings is 1. The van der Waals surface area contributed by atoms with Crippen LogP contribution in [0.5, 0.6) is 0 Å². The standard InChI is InChI=1S/C18H25N3O4/c1-12-15(18(23)24-3)9-14(25-12)11-21-7-4-5-13(10-21)16(22)17-19-6-8-20(17)2/h6,8-9,13,16,22H,4-5,7,10-11H2,1-3H3. The number of ether oxygens (including phenoxy) is 1. The molecule has 0 aromatic carbocycles. The zero-order valence-electron chi connectivity index (χ0n) is 14.9. The Kier molecular flexibility index (Phi) is 5.24. The lowest BCUT2D eigenvalue weighted by Gasteiger charge is -2.34. The van der Waals surface area contributed by atoms with Gasteiger partial charge in [0, 0.05) is 31.9 Å². The van der Waals surface area contributed by atoms with Gasteiger partial charge in [-0.3, -0.25) is 4.90 Å². The van der Waals surface area contributed by atoms with Gasteiger partial charge in [0.1, 0.15) is 29.0 Å². The first kappa shape index (κ1) is 17.7. The third-order valence-corrected chi connectivity index (χ3v) is 4.87. The maximum atomic E-state index is 11.7. The van der Waals surface area contributed by atoms with Gasteiger partial charge >= 0.3 is 5.97 Å². The van der Waals surface area contributed by atoms with Crippen LogP contribution in [0.4, 0.5) is 0 Å². The Bertz CT molecular complexity index is 737. The summed E-state index contributed by atoms with van der Waals surface area (Å²) in [4.78, 5) is 18.2. The maximum absolute atomic E-state index is 11.7. The van der Waals surface area contributed by atoms with Crippen LogP contribution in [0.1, 0.15) is 46.6 Å². The van der Waals surface area contributed by atoms with E-state index in [0.717, 1.165) is 31.7 Å². The fraction of sp³-hybridized carbons (Fsp3) is 0.556. The van der Waals surface area contributed by atoms with E-state index in [4.69, 9.17) is 9.15 Å². The molecule has 2 atom stereocenters. The maximum Gasteiger partial charge on any atom is 0.341 e. The van der Waals surface area contributed by atoms with Crippen LogP contribution in [0, 0.1) is 12.8 Å². The quantitative estimate of drug-likeness (QED) is 0.834. The number of aryl methyl sites for hydroxylation is 2. The number of carbonyl (C=O) groups is 1. The molecular formula is C18H25N3O4. The van der Waals surface area contributed by atoms with Crippen molar-refractivity contribution in [2.24, 2.45) is 13.0 Å². The molecular weight excluding hydrogens is 322 g/mol. The largest absolute Gasteiger partial charge is 0.465 e. The molecule has 7 heteroatoms. The van der Waals surface area contributed by atoms with Gasteiger partial charge in [0.15, 0.2) is 0 Å². The van der Waals surface area contributed by atoms with Crippen LogP contribution in [-0.2, 0) is 18.3 Å². The van der Waals surface area contributed by atoms with Gasteiger partial charge in [0.25, 0.3) is 0 Å². The molecule has 136 valence electrons. The lowest BCUT2D eigenvalue weighted by molar-refractivity contribution is 0.0383. The number of nitrogens with zero attached hydrogens (tertiary/aromatic N) is 3. The van der Waals surface area contributed by atoms with Gasteiger partial charge in [-0.1, -0.05) is 0 Å². The number of likely N-dealkylation sites (tertiary alicyclic amines) is 1. The molecule has 2 aromatic rings. The summed E-state index contributed by atoms with van der Waals surface area (Å²) in [6.45, 7) is 4.08. The van der Waals surface area contributed by atoms with Crippen molar-refractivity contribution in [3.8, 4) is 0 Å². The number of carbonyl (C=O) groups excluding carboxylic acids is 1. The molecule has 1 fully saturated rings. The van der Waals surface area contributed by atoms with Gasteiger partial charge in [-0.05, 0) is 32.4 Å². The smallest absolute Gasteiger partial charge is 0.341 e. The highest BCUT2D eigenvalue weighted by molar-refractivity contribution is 5.90. The minimum atomic E-state index is -0.577. The highest BCUT2D eigenvalue weighted by Gasteiger charge is 2.29. The summed E-state index contributed by atoms with van der Waals surface area (Å²) in [7, 11) is 3.26. The van der Waals surface area contributed by atoms with E-state index in [1.807, 2.05) is 17.8 Å². The molecule has 3 heterocycles. The zero-order chi connectivity index (χ0) is 18.0. The summed E-state index contributed by atoms with van der Waals surface area (Å²) < 4.78 is 12.3. The number of aliphatic hydroxyl groups is 1. The molecule has 0 spiro atoms. The molecule has 3 rings (SSSR count). The second kappa shape index (κ2) is 7.41. The van der Waals surface area contributed by atoms with Crippen molar-refractivity contribution in [2.45, 2.75) is 32.4 Å². The first-order valence-electron chi connectivity index (χ1n) is 8.55. The third-order valence-electron chi connectivity index (χ3n) is 4.87. The normalized spacial score (nSPS) is 19.8. The molecule has 1 aliphatic rings. The van der Waals surface area contributed by atoms with E-state index < -0.39 is 6.10 Å². The number of hydrogen-bond donors (Lipinski definition) is 1. The van der Waals surface area contributed by atoms with Crippen molar-refractivity contribution < 1.29 is 19.1 Å². The molecule has 0 bridgehead atoms. The molecule has 0 amide bonds. The summed E-state index contributed by atoms with van der Waals surface area (Å²) in [6, 6.07) is 1.75. The van der Waals surface area contributed by atoms with E-state index in [9.17, 15) is 9.90 Å². The Morgan fingerprint density at radius 2 is 2.36 bits per heavy atom. The Hall–Kier alpha value is -2.12. The summed E-state index contributed by atoms with van der Waals surface area (Å²) >= 11 is 0. The predicted molar refractivity (Wildman–Crippen MR) is 91.0 cm³/mol. The van der Waals surface area contributed by atoms with Crippen LogP contribution < -0.4 is 0 Å².